The van der Waals surface area contributed by atoms with Gasteiger partial charge >= 0.3 is 0 Å². The largest absolute Gasteiger partial charge is 0.370 e. The van der Waals surface area contributed by atoms with Gasteiger partial charge in [-0.3, -0.25) is 0 Å². The number of aromatic nitrogens is 2. The number of benzene rings is 1. The molecule has 0 atom stereocenters. The molecule has 1 heterocycles. The Kier molecular flexibility index (Phi) is 4.15. The summed E-state index contributed by atoms with van der Waals surface area (Å²) in [6.07, 6.45) is 2.82. The van der Waals surface area contributed by atoms with E-state index in [9.17, 15) is 0 Å². The molecular formula is C14H16ClN3. The van der Waals surface area contributed by atoms with Crippen LogP contribution in [0.2, 0.25) is 5.02 Å². The zero-order valence-corrected chi connectivity index (χ0v) is 11.3. The molecule has 4 heteroatoms. The predicted molar refractivity (Wildman–Crippen MR) is 76.0 cm³/mol. The van der Waals surface area contributed by atoms with Crippen molar-refractivity contribution in [2.75, 3.05) is 11.9 Å². The molecule has 1 N–H and O–H groups in total. The second-order valence-corrected chi connectivity index (χ2v) is 4.56. The zero-order valence-electron chi connectivity index (χ0n) is 10.6. The Hall–Kier alpha value is -1.61. The highest BCUT2D eigenvalue weighted by Crippen LogP contribution is 2.23. The third-order valence-corrected chi connectivity index (χ3v) is 3.05. The summed E-state index contributed by atoms with van der Waals surface area (Å²) in [6.45, 7) is 5.01. The van der Waals surface area contributed by atoms with Gasteiger partial charge in [-0.15, -0.1) is 0 Å². The molecule has 0 unspecified atom stereocenters. The summed E-state index contributed by atoms with van der Waals surface area (Å²) in [5, 5.41) is 3.99. The molecule has 2 aromatic rings. The van der Waals surface area contributed by atoms with Crippen molar-refractivity contribution in [1.29, 1.82) is 0 Å². The van der Waals surface area contributed by atoms with Crippen molar-refractivity contribution in [2.45, 2.75) is 20.3 Å². The van der Waals surface area contributed by atoms with Crippen molar-refractivity contribution in [3.05, 3.63) is 41.0 Å². The van der Waals surface area contributed by atoms with Gasteiger partial charge in [0.1, 0.15) is 5.82 Å². The molecule has 0 saturated heterocycles. The molecule has 0 saturated carbocycles. The number of aryl methyl sites for hydroxylation is 1. The molecule has 0 aliphatic rings. The number of nitrogens with one attached hydrogen (secondary N) is 1. The van der Waals surface area contributed by atoms with Crippen LogP contribution in [0.15, 0.2) is 30.5 Å². The van der Waals surface area contributed by atoms with Crippen LogP contribution in [0.3, 0.4) is 0 Å². The molecular weight excluding hydrogens is 246 g/mol. The van der Waals surface area contributed by atoms with Gasteiger partial charge in [-0.2, -0.15) is 0 Å². The lowest BCUT2D eigenvalue weighted by Crippen LogP contribution is -2.03. The molecule has 2 rings (SSSR count). The van der Waals surface area contributed by atoms with Crippen LogP contribution in [0.1, 0.15) is 18.9 Å². The van der Waals surface area contributed by atoms with Crippen molar-refractivity contribution in [3.63, 3.8) is 0 Å². The van der Waals surface area contributed by atoms with E-state index in [1.807, 2.05) is 31.2 Å². The highest BCUT2D eigenvalue weighted by Gasteiger charge is 2.04. The Bertz CT molecular complexity index is 540. The summed E-state index contributed by atoms with van der Waals surface area (Å²) in [6, 6.07) is 7.73. The van der Waals surface area contributed by atoms with Gasteiger partial charge in [-0.1, -0.05) is 30.7 Å². The van der Waals surface area contributed by atoms with Crippen LogP contribution < -0.4 is 5.32 Å². The maximum Gasteiger partial charge on any atom is 0.161 e. The van der Waals surface area contributed by atoms with Gasteiger partial charge in [-0.05, 0) is 31.0 Å². The minimum Gasteiger partial charge on any atom is -0.370 e. The summed E-state index contributed by atoms with van der Waals surface area (Å²) >= 11 is 6.12. The minimum absolute atomic E-state index is 0.693. The molecule has 0 amide bonds. The average Bonchev–Trinajstić information content (AvgIpc) is 2.40. The number of rotatable bonds is 4. The van der Waals surface area contributed by atoms with Gasteiger partial charge in [0.15, 0.2) is 5.82 Å². The summed E-state index contributed by atoms with van der Waals surface area (Å²) in [4.78, 5) is 8.75. The Labute approximate surface area is 112 Å². The van der Waals surface area contributed by atoms with E-state index in [2.05, 4.69) is 22.2 Å². The lowest BCUT2D eigenvalue weighted by molar-refractivity contribution is 0.966. The van der Waals surface area contributed by atoms with E-state index in [4.69, 9.17) is 11.6 Å². The van der Waals surface area contributed by atoms with E-state index in [0.717, 1.165) is 34.9 Å². The molecule has 1 aromatic carbocycles. The van der Waals surface area contributed by atoms with E-state index in [0.29, 0.717) is 5.82 Å². The molecule has 0 fully saturated rings. The summed E-state index contributed by atoms with van der Waals surface area (Å²) < 4.78 is 0. The van der Waals surface area contributed by atoms with E-state index in [1.54, 1.807) is 6.20 Å². The second-order valence-electron chi connectivity index (χ2n) is 4.16. The van der Waals surface area contributed by atoms with Gasteiger partial charge < -0.3 is 5.32 Å². The van der Waals surface area contributed by atoms with E-state index in [1.165, 1.54) is 0 Å². The topological polar surface area (TPSA) is 37.8 Å². The van der Waals surface area contributed by atoms with Crippen molar-refractivity contribution in [1.82, 2.24) is 9.97 Å². The third-order valence-electron chi connectivity index (χ3n) is 2.64. The highest BCUT2D eigenvalue weighted by molar-refractivity contribution is 6.31. The number of anilines is 1. The van der Waals surface area contributed by atoms with Crippen LogP contribution in [-0.4, -0.2) is 16.5 Å². The second kappa shape index (κ2) is 5.83. The Morgan fingerprint density at radius 2 is 2.11 bits per heavy atom. The third kappa shape index (κ3) is 2.99. The quantitative estimate of drug-likeness (QED) is 0.906. The van der Waals surface area contributed by atoms with Crippen LogP contribution in [-0.2, 0) is 0 Å². The molecule has 0 spiro atoms. The molecule has 3 nitrogen and oxygen atoms in total. The molecule has 0 bridgehead atoms. The van der Waals surface area contributed by atoms with Crippen LogP contribution in [0.5, 0.6) is 0 Å². The number of halogens is 1. The fraction of sp³-hybridized carbons (Fsp3) is 0.286. The van der Waals surface area contributed by atoms with Crippen molar-refractivity contribution in [3.8, 4) is 11.4 Å². The Morgan fingerprint density at radius 3 is 2.83 bits per heavy atom. The van der Waals surface area contributed by atoms with Crippen LogP contribution in [0.4, 0.5) is 5.82 Å². The van der Waals surface area contributed by atoms with E-state index < -0.39 is 0 Å². The maximum atomic E-state index is 6.12. The fourth-order valence-electron chi connectivity index (χ4n) is 1.58. The maximum absolute atomic E-state index is 6.12. The fourth-order valence-corrected chi connectivity index (χ4v) is 1.76. The molecule has 0 aliphatic heterocycles. The van der Waals surface area contributed by atoms with Gasteiger partial charge in [0.25, 0.3) is 0 Å². The van der Waals surface area contributed by atoms with E-state index >= 15 is 0 Å². The predicted octanol–water partition coefficient (Wildman–Crippen LogP) is 3.93. The molecule has 94 valence electrons. The van der Waals surface area contributed by atoms with Crippen LogP contribution in [0.25, 0.3) is 11.4 Å². The van der Waals surface area contributed by atoms with Gasteiger partial charge in [-0.25, -0.2) is 9.97 Å². The molecule has 0 aliphatic carbocycles. The Balaban J connectivity index is 2.29. The lowest BCUT2D eigenvalue weighted by Gasteiger charge is -2.06. The van der Waals surface area contributed by atoms with Gasteiger partial charge in [0.2, 0.25) is 0 Å². The first kappa shape index (κ1) is 12.8. The van der Waals surface area contributed by atoms with E-state index in [-0.39, 0.29) is 0 Å². The summed E-state index contributed by atoms with van der Waals surface area (Å²) in [5.74, 6) is 1.54. The van der Waals surface area contributed by atoms with Gasteiger partial charge in [0, 0.05) is 23.3 Å². The highest BCUT2D eigenvalue weighted by atomic mass is 35.5. The summed E-state index contributed by atoms with van der Waals surface area (Å²) in [7, 11) is 0. The first-order valence-electron chi connectivity index (χ1n) is 6.04. The van der Waals surface area contributed by atoms with Gasteiger partial charge in [0.05, 0.1) is 0 Å². The van der Waals surface area contributed by atoms with Crippen LogP contribution in [0, 0.1) is 6.92 Å². The molecule has 0 radical (unpaired) electrons. The molecule has 18 heavy (non-hydrogen) atoms. The minimum atomic E-state index is 0.693. The van der Waals surface area contributed by atoms with Crippen molar-refractivity contribution in [2.24, 2.45) is 0 Å². The number of hydrogen-bond donors (Lipinski definition) is 1. The smallest absolute Gasteiger partial charge is 0.161 e. The SMILES string of the molecule is CCCNc1ccnc(-c2ccc(C)c(Cl)c2)n1. The first-order valence-corrected chi connectivity index (χ1v) is 6.42. The average molecular weight is 262 g/mol. The number of nitrogens with zero attached hydrogens (tertiary/aromatic N) is 2. The monoisotopic (exact) mass is 261 g/mol. The molecule has 1 aromatic heterocycles. The standard InChI is InChI=1S/C14H16ClN3/c1-3-7-16-13-6-8-17-14(18-13)11-5-4-10(2)12(15)9-11/h4-6,8-9H,3,7H2,1-2H3,(H,16,17,18). The van der Waals surface area contributed by atoms with Crippen LogP contribution >= 0.6 is 11.6 Å². The van der Waals surface area contributed by atoms with Crippen molar-refractivity contribution >= 4 is 17.4 Å². The zero-order chi connectivity index (χ0) is 13.0. The van der Waals surface area contributed by atoms with Crippen molar-refractivity contribution < 1.29 is 0 Å². The first-order chi connectivity index (χ1) is 8.70. The Morgan fingerprint density at radius 1 is 1.28 bits per heavy atom. The number of hydrogen-bond acceptors (Lipinski definition) is 3. The lowest BCUT2D eigenvalue weighted by atomic mass is 10.1. The summed E-state index contributed by atoms with van der Waals surface area (Å²) in [5.41, 5.74) is 1.99. The normalized spacial score (nSPS) is 10.4.